The third-order valence-electron chi connectivity index (χ3n) is 5.87. The van der Waals surface area contributed by atoms with E-state index in [1.54, 1.807) is 36.4 Å². The van der Waals surface area contributed by atoms with Crippen LogP contribution in [0.4, 0.5) is 15.8 Å². The van der Waals surface area contributed by atoms with Crippen LogP contribution in [0.1, 0.15) is 22.8 Å². The number of amides is 2. The first-order valence-corrected chi connectivity index (χ1v) is 13.9. The van der Waals surface area contributed by atoms with Gasteiger partial charge in [-0.05, 0) is 73.2 Å². The maximum Gasteiger partial charge on any atom is 0.264 e. The van der Waals surface area contributed by atoms with Crippen LogP contribution in [0.15, 0.2) is 108 Å². The molecule has 0 aliphatic rings. The highest BCUT2D eigenvalue weighted by Gasteiger charge is 2.28. The summed E-state index contributed by atoms with van der Waals surface area (Å²) in [6, 6.07) is 26.4. The van der Waals surface area contributed by atoms with Crippen molar-refractivity contribution in [1.29, 1.82) is 0 Å². The van der Waals surface area contributed by atoms with E-state index < -0.39 is 34.2 Å². The summed E-state index contributed by atoms with van der Waals surface area (Å²) in [5, 5.41) is 5.49. The highest BCUT2D eigenvalue weighted by molar-refractivity contribution is 7.92. The number of ether oxygens (including phenoxy) is 1. The second-order valence-corrected chi connectivity index (χ2v) is 10.5. The molecule has 2 N–H and O–H groups in total. The smallest absolute Gasteiger partial charge is 0.264 e. The van der Waals surface area contributed by atoms with Gasteiger partial charge in [-0.2, -0.15) is 0 Å². The Kier molecular flexibility index (Phi) is 9.13. The Morgan fingerprint density at radius 3 is 2.17 bits per heavy atom. The second-order valence-electron chi connectivity index (χ2n) is 8.65. The minimum Gasteiger partial charge on any atom is -0.494 e. The summed E-state index contributed by atoms with van der Waals surface area (Å²) in [6.07, 6.45) is 0. The molecule has 206 valence electrons. The zero-order chi connectivity index (χ0) is 28.5. The molecule has 0 aromatic heterocycles. The Hall–Kier alpha value is -4.70. The fourth-order valence-electron chi connectivity index (χ4n) is 3.91. The van der Waals surface area contributed by atoms with E-state index in [1.165, 1.54) is 12.1 Å². The second kappa shape index (κ2) is 12.9. The zero-order valence-electron chi connectivity index (χ0n) is 21.7. The van der Waals surface area contributed by atoms with Crippen molar-refractivity contribution in [3.05, 3.63) is 120 Å². The number of nitrogens with one attached hydrogen (secondary N) is 2. The van der Waals surface area contributed by atoms with E-state index >= 15 is 0 Å². The molecule has 0 radical (unpaired) electrons. The lowest BCUT2D eigenvalue weighted by atomic mass is 10.1. The largest absolute Gasteiger partial charge is 0.494 e. The molecule has 8 nitrogen and oxygen atoms in total. The molecule has 4 aromatic rings. The first kappa shape index (κ1) is 28.3. The summed E-state index contributed by atoms with van der Waals surface area (Å²) in [5.41, 5.74) is 1.57. The molecule has 0 bridgehead atoms. The topological polar surface area (TPSA) is 105 Å². The van der Waals surface area contributed by atoms with Crippen LogP contribution < -0.4 is 19.7 Å². The van der Waals surface area contributed by atoms with E-state index in [0.29, 0.717) is 18.9 Å². The summed E-state index contributed by atoms with van der Waals surface area (Å²) in [7, 11) is -4.26. The molecular formula is C30H28FN3O5S. The highest BCUT2D eigenvalue weighted by atomic mass is 32.2. The summed E-state index contributed by atoms with van der Waals surface area (Å²) in [6.45, 7) is 1.94. The third-order valence-corrected chi connectivity index (χ3v) is 7.65. The molecular weight excluding hydrogens is 533 g/mol. The predicted octanol–water partition coefficient (Wildman–Crippen LogP) is 4.99. The number of nitrogens with zero attached hydrogens (tertiary/aromatic N) is 1. The van der Waals surface area contributed by atoms with E-state index in [-0.39, 0.29) is 21.8 Å². The first-order valence-electron chi connectivity index (χ1n) is 12.5. The van der Waals surface area contributed by atoms with Crippen molar-refractivity contribution in [2.24, 2.45) is 0 Å². The van der Waals surface area contributed by atoms with Crippen LogP contribution in [-0.4, -0.2) is 33.4 Å². The van der Waals surface area contributed by atoms with Crippen LogP contribution in [0, 0.1) is 5.82 Å². The van der Waals surface area contributed by atoms with Crippen molar-refractivity contribution in [1.82, 2.24) is 5.32 Å². The standard InChI is InChI=1S/C30H28FN3O5S/c1-2-39-25-16-14-24(15-17-25)34(40(37,38)26-18-12-23(31)13-19-26)21-29(35)33-28-11-7-6-10-27(28)30(36)32-20-22-8-4-3-5-9-22/h3-19H,2,20-21H2,1H3,(H,32,36)(H,33,35). The fourth-order valence-corrected chi connectivity index (χ4v) is 5.33. The monoisotopic (exact) mass is 561 g/mol. The van der Waals surface area contributed by atoms with Crippen molar-refractivity contribution >= 4 is 33.2 Å². The Morgan fingerprint density at radius 2 is 1.50 bits per heavy atom. The number of carbonyl (C=O) groups excluding carboxylic acids is 2. The number of para-hydroxylation sites is 1. The van der Waals surface area contributed by atoms with Gasteiger partial charge in [0, 0.05) is 6.54 Å². The zero-order valence-corrected chi connectivity index (χ0v) is 22.5. The summed E-state index contributed by atoms with van der Waals surface area (Å²) in [5.74, 6) is -1.14. The van der Waals surface area contributed by atoms with Crippen molar-refractivity contribution < 1.29 is 27.1 Å². The average Bonchev–Trinajstić information content (AvgIpc) is 2.96. The van der Waals surface area contributed by atoms with Gasteiger partial charge in [0.15, 0.2) is 0 Å². The van der Waals surface area contributed by atoms with Gasteiger partial charge < -0.3 is 15.4 Å². The molecule has 0 heterocycles. The fraction of sp³-hybridized carbons (Fsp3) is 0.133. The number of sulfonamides is 1. The van der Waals surface area contributed by atoms with Crippen LogP contribution >= 0.6 is 0 Å². The van der Waals surface area contributed by atoms with E-state index in [2.05, 4.69) is 10.6 Å². The van der Waals surface area contributed by atoms with E-state index in [1.807, 2.05) is 37.3 Å². The molecule has 0 unspecified atom stereocenters. The van der Waals surface area contributed by atoms with Gasteiger partial charge in [-0.3, -0.25) is 13.9 Å². The van der Waals surface area contributed by atoms with Crippen molar-refractivity contribution in [3.63, 3.8) is 0 Å². The van der Waals surface area contributed by atoms with Crippen LogP contribution in [0.25, 0.3) is 0 Å². The average molecular weight is 562 g/mol. The van der Waals surface area contributed by atoms with Crippen LogP contribution in [0.5, 0.6) is 5.75 Å². The molecule has 0 aliphatic carbocycles. The Bertz CT molecular complexity index is 1560. The number of rotatable bonds is 11. The minimum absolute atomic E-state index is 0.184. The molecule has 0 saturated carbocycles. The highest BCUT2D eigenvalue weighted by Crippen LogP contribution is 2.26. The molecule has 0 atom stereocenters. The van der Waals surface area contributed by atoms with Gasteiger partial charge in [-0.1, -0.05) is 42.5 Å². The van der Waals surface area contributed by atoms with Crippen LogP contribution in [-0.2, 0) is 21.4 Å². The quantitative estimate of drug-likeness (QED) is 0.269. The first-order chi connectivity index (χ1) is 19.3. The predicted molar refractivity (Wildman–Crippen MR) is 151 cm³/mol. The lowest BCUT2D eigenvalue weighted by Crippen LogP contribution is -2.38. The number of hydrogen-bond acceptors (Lipinski definition) is 5. The van der Waals surface area contributed by atoms with Gasteiger partial charge in [0.25, 0.3) is 15.9 Å². The van der Waals surface area contributed by atoms with Gasteiger partial charge >= 0.3 is 0 Å². The normalized spacial score (nSPS) is 10.9. The molecule has 40 heavy (non-hydrogen) atoms. The van der Waals surface area contributed by atoms with Crippen LogP contribution in [0.3, 0.4) is 0 Å². The SMILES string of the molecule is CCOc1ccc(N(CC(=O)Nc2ccccc2C(=O)NCc2ccccc2)S(=O)(=O)c2ccc(F)cc2)cc1. The van der Waals surface area contributed by atoms with Gasteiger partial charge in [0.05, 0.1) is 28.4 Å². The number of benzene rings is 4. The maximum absolute atomic E-state index is 13.6. The van der Waals surface area contributed by atoms with Gasteiger partial charge in [0.1, 0.15) is 18.1 Å². The molecule has 0 spiro atoms. The summed E-state index contributed by atoms with van der Waals surface area (Å²) < 4.78 is 47.0. The molecule has 10 heteroatoms. The number of halogens is 1. The molecule has 4 aromatic carbocycles. The third kappa shape index (κ3) is 7.03. The Balaban J connectivity index is 1.57. The lowest BCUT2D eigenvalue weighted by Gasteiger charge is -2.24. The number of carbonyl (C=O) groups is 2. The Labute approximate surface area is 232 Å². The van der Waals surface area contributed by atoms with Crippen molar-refractivity contribution in [2.45, 2.75) is 18.4 Å². The number of hydrogen-bond donors (Lipinski definition) is 2. The Morgan fingerprint density at radius 1 is 0.850 bits per heavy atom. The van der Waals surface area contributed by atoms with E-state index in [0.717, 1.165) is 34.1 Å². The van der Waals surface area contributed by atoms with Crippen molar-refractivity contribution in [2.75, 3.05) is 22.8 Å². The van der Waals surface area contributed by atoms with Gasteiger partial charge in [-0.15, -0.1) is 0 Å². The molecule has 0 saturated heterocycles. The van der Waals surface area contributed by atoms with E-state index in [9.17, 15) is 22.4 Å². The summed E-state index contributed by atoms with van der Waals surface area (Å²) in [4.78, 5) is 25.9. The maximum atomic E-state index is 13.6. The molecule has 2 amide bonds. The molecule has 0 aliphatic heterocycles. The van der Waals surface area contributed by atoms with Crippen molar-refractivity contribution in [3.8, 4) is 5.75 Å². The number of anilines is 2. The lowest BCUT2D eigenvalue weighted by molar-refractivity contribution is -0.114. The minimum atomic E-state index is -4.26. The molecule has 4 rings (SSSR count). The van der Waals surface area contributed by atoms with Gasteiger partial charge in [-0.25, -0.2) is 12.8 Å². The summed E-state index contributed by atoms with van der Waals surface area (Å²) >= 11 is 0. The van der Waals surface area contributed by atoms with Gasteiger partial charge in [0.2, 0.25) is 5.91 Å². The van der Waals surface area contributed by atoms with Crippen LogP contribution in [0.2, 0.25) is 0 Å². The van der Waals surface area contributed by atoms with E-state index in [4.69, 9.17) is 4.74 Å². The molecule has 0 fully saturated rings.